The Morgan fingerprint density at radius 3 is 2.53 bits per heavy atom. The van der Waals surface area contributed by atoms with Crippen molar-refractivity contribution in [3.63, 3.8) is 0 Å². The van der Waals surface area contributed by atoms with Gasteiger partial charge in [0.25, 0.3) is 0 Å². The zero-order chi connectivity index (χ0) is 11.3. The molecule has 0 spiro atoms. The average molecular weight is 208 g/mol. The van der Waals surface area contributed by atoms with Crippen LogP contribution in [0.2, 0.25) is 0 Å². The summed E-state index contributed by atoms with van der Waals surface area (Å²) in [4.78, 5) is 10.3. The fourth-order valence-corrected chi connectivity index (χ4v) is 1.24. The van der Waals surface area contributed by atoms with Crippen molar-refractivity contribution in [2.45, 2.75) is 19.8 Å². The zero-order valence-corrected chi connectivity index (χ0v) is 8.53. The summed E-state index contributed by atoms with van der Waals surface area (Å²) in [5.41, 5.74) is 1.89. The maximum Gasteiger partial charge on any atom is 0.303 e. The first-order chi connectivity index (χ1) is 7.09. The quantitative estimate of drug-likeness (QED) is 0.825. The lowest BCUT2D eigenvalue weighted by molar-refractivity contribution is -0.136. The lowest BCUT2D eigenvalue weighted by Gasteiger charge is -2.00. The molecule has 0 heterocycles. The van der Waals surface area contributed by atoms with Gasteiger partial charge in [-0.2, -0.15) is 0 Å². The van der Waals surface area contributed by atoms with E-state index in [0.29, 0.717) is 6.42 Å². The van der Waals surface area contributed by atoms with Gasteiger partial charge in [0.1, 0.15) is 5.82 Å². The Balaban J connectivity index is 2.63. The van der Waals surface area contributed by atoms with Crippen LogP contribution in [0.5, 0.6) is 0 Å². The minimum atomic E-state index is -0.807. The Morgan fingerprint density at radius 2 is 2.00 bits per heavy atom. The molecule has 1 N–H and O–H groups in total. The van der Waals surface area contributed by atoms with Crippen LogP contribution in [0.15, 0.2) is 30.3 Å². The number of carboxylic acids is 1. The van der Waals surface area contributed by atoms with Crippen LogP contribution >= 0.6 is 0 Å². The molecule has 1 aromatic rings. The molecule has 1 aromatic carbocycles. The van der Waals surface area contributed by atoms with Crippen molar-refractivity contribution in [1.29, 1.82) is 0 Å². The first-order valence-corrected chi connectivity index (χ1v) is 4.74. The van der Waals surface area contributed by atoms with Gasteiger partial charge in [0.05, 0.1) is 0 Å². The molecule has 80 valence electrons. The molecule has 0 saturated carbocycles. The highest BCUT2D eigenvalue weighted by Gasteiger charge is 1.97. The third kappa shape index (κ3) is 3.94. The molecule has 15 heavy (non-hydrogen) atoms. The van der Waals surface area contributed by atoms with Gasteiger partial charge in [-0.05, 0) is 36.6 Å². The Labute approximate surface area is 88.1 Å². The SMILES string of the molecule is CC(=CCCC(=O)O)c1ccc(F)cc1. The smallest absolute Gasteiger partial charge is 0.303 e. The lowest BCUT2D eigenvalue weighted by Crippen LogP contribution is -1.92. The fraction of sp³-hybridized carbons (Fsp3) is 0.250. The summed E-state index contributed by atoms with van der Waals surface area (Å²) in [5, 5.41) is 8.45. The number of hydrogen-bond acceptors (Lipinski definition) is 1. The normalized spacial score (nSPS) is 11.5. The molecule has 0 aliphatic rings. The maximum atomic E-state index is 12.6. The number of benzene rings is 1. The van der Waals surface area contributed by atoms with Gasteiger partial charge in [-0.1, -0.05) is 18.2 Å². The number of rotatable bonds is 4. The molecule has 0 unspecified atom stereocenters. The van der Waals surface area contributed by atoms with E-state index in [1.54, 1.807) is 12.1 Å². The van der Waals surface area contributed by atoms with Gasteiger partial charge in [-0.25, -0.2) is 4.39 Å². The van der Waals surface area contributed by atoms with Crippen molar-refractivity contribution >= 4 is 11.5 Å². The number of halogens is 1. The van der Waals surface area contributed by atoms with E-state index in [-0.39, 0.29) is 12.2 Å². The van der Waals surface area contributed by atoms with Crippen molar-refractivity contribution in [2.24, 2.45) is 0 Å². The van der Waals surface area contributed by atoms with E-state index < -0.39 is 5.97 Å². The predicted molar refractivity (Wildman–Crippen MR) is 56.9 cm³/mol. The van der Waals surface area contributed by atoms with E-state index in [0.717, 1.165) is 11.1 Å². The van der Waals surface area contributed by atoms with Gasteiger partial charge in [0.2, 0.25) is 0 Å². The Bertz CT molecular complexity index is 366. The summed E-state index contributed by atoms with van der Waals surface area (Å²) in [7, 11) is 0. The largest absolute Gasteiger partial charge is 0.481 e. The maximum absolute atomic E-state index is 12.6. The molecule has 0 saturated heterocycles. The minimum absolute atomic E-state index is 0.124. The van der Waals surface area contributed by atoms with Crippen molar-refractivity contribution in [3.05, 3.63) is 41.7 Å². The molecule has 0 aromatic heterocycles. The molecule has 0 aliphatic heterocycles. The van der Waals surface area contributed by atoms with Crippen LogP contribution in [0, 0.1) is 5.82 Å². The van der Waals surface area contributed by atoms with Gasteiger partial charge < -0.3 is 5.11 Å². The molecular formula is C12H13FO2. The van der Waals surface area contributed by atoms with Gasteiger partial charge in [-0.3, -0.25) is 4.79 Å². The van der Waals surface area contributed by atoms with E-state index in [9.17, 15) is 9.18 Å². The zero-order valence-electron chi connectivity index (χ0n) is 8.53. The van der Waals surface area contributed by atoms with E-state index in [2.05, 4.69) is 0 Å². The molecule has 0 amide bonds. The van der Waals surface area contributed by atoms with Gasteiger partial charge in [0.15, 0.2) is 0 Å². The topological polar surface area (TPSA) is 37.3 Å². The Hall–Kier alpha value is -1.64. The van der Waals surface area contributed by atoms with Crippen molar-refractivity contribution in [3.8, 4) is 0 Å². The highest BCUT2D eigenvalue weighted by atomic mass is 19.1. The molecular weight excluding hydrogens is 195 g/mol. The van der Waals surface area contributed by atoms with Gasteiger partial charge in [-0.15, -0.1) is 0 Å². The third-order valence-electron chi connectivity index (χ3n) is 2.11. The monoisotopic (exact) mass is 208 g/mol. The van der Waals surface area contributed by atoms with Crippen molar-refractivity contribution in [2.75, 3.05) is 0 Å². The summed E-state index contributed by atoms with van der Waals surface area (Å²) >= 11 is 0. The van der Waals surface area contributed by atoms with Crippen LogP contribution in [-0.4, -0.2) is 11.1 Å². The number of aliphatic carboxylic acids is 1. The van der Waals surface area contributed by atoms with Crippen LogP contribution in [0.4, 0.5) is 4.39 Å². The van der Waals surface area contributed by atoms with Crippen LogP contribution in [0.25, 0.3) is 5.57 Å². The molecule has 0 fully saturated rings. The summed E-state index contributed by atoms with van der Waals surface area (Å²) in [6.07, 6.45) is 2.47. The molecule has 0 atom stereocenters. The van der Waals surface area contributed by atoms with Gasteiger partial charge >= 0.3 is 5.97 Å². The lowest BCUT2D eigenvalue weighted by atomic mass is 10.1. The summed E-state index contributed by atoms with van der Waals surface area (Å²) < 4.78 is 12.6. The second-order valence-corrected chi connectivity index (χ2v) is 3.33. The van der Waals surface area contributed by atoms with Crippen molar-refractivity contribution < 1.29 is 14.3 Å². The molecule has 0 aliphatic carbocycles. The van der Waals surface area contributed by atoms with E-state index in [1.807, 2.05) is 13.0 Å². The number of carbonyl (C=O) groups is 1. The van der Waals surface area contributed by atoms with E-state index in [1.165, 1.54) is 12.1 Å². The third-order valence-corrected chi connectivity index (χ3v) is 2.11. The number of hydrogen-bond donors (Lipinski definition) is 1. The van der Waals surface area contributed by atoms with E-state index in [4.69, 9.17) is 5.11 Å². The molecule has 1 rings (SSSR count). The Morgan fingerprint density at radius 1 is 1.40 bits per heavy atom. The summed E-state index contributed by atoms with van der Waals surface area (Å²) in [5.74, 6) is -1.07. The van der Waals surface area contributed by atoms with Crippen LogP contribution < -0.4 is 0 Å². The van der Waals surface area contributed by atoms with Crippen LogP contribution in [0.3, 0.4) is 0 Å². The summed E-state index contributed by atoms with van der Waals surface area (Å²) in [6, 6.07) is 6.15. The van der Waals surface area contributed by atoms with E-state index >= 15 is 0 Å². The molecule has 3 heteroatoms. The average Bonchev–Trinajstić information content (AvgIpc) is 2.18. The highest BCUT2D eigenvalue weighted by molar-refractivity contribution is 5.68. The first kappa shape index (κ1) is 11.4. The second-order valence-electron chi connectivity index (χ2n) is 3.33. The predicted octanol–water partition coefficient (Wildman–Crippen LogP) is 3.09. The summed E-state index contributed by atoms with van der Waals surface area (Å²) in [6.45, 7) is 1.88. The van der Waals surface area contributed by atoms with Crippen LogP contribution in [0.1, 0.15) is 25.3 Å². The van der Waals surface area contributed by atoms with Crippen LogP contribution in [-0.2, 0) is 4.79 Å². The standard InChI is InChI=1S/C12H13FO2/c1-9(3-2-4-12(14)15)10-5-7-11(13)8-6-10/h3,5-8H,2,4H2,1H3,(H,14,15). The number of allylic oxidation sites excluding steroid dienone is 2. The number of carboxylic acid groups (broad SMARTS) is 1. The first-order valence-electron chi connectivity index (χ1n) is 4.74. The van der Waals surface area contributed by atoms with Crippen molar-refractivity contribution in [1.82, 2.24) is 0 Å². The van der Waals surface area contributed by atoms with Gasteiger partial charge in [0, 0.05) is 6.42 Å². The molecule has 0 bridgehead atoms. The molecule has 2 nitrogen and oxygen atoms in total. The second kappa shape index (κ2) is 5.29. The fourth-order valence-electron chi connectivity index (χ4n) is 1.24. The Kier molecular flexibility index (Phi) is 4.03. The minimum Gasteiger partial charge on any atom is -0.481 e. The molecule has 0 radical (unpaired) electrons. The highest BCUT2D eigenvalue weighted by Crippen LogP contribution is 2.15.